The van der Waals surface area contributed by atoms with Crippen molar-refractivity contribution in [1.29, 1.82) is 0 Å². The molecule has 0 spiro atoms. The Kier molecular flexibility index (Phi) is 5.70. The molecule has 5 nitrogen and oxygen atoms in total. The summed E-state index contributed by atoms with van der Waals surface area (Å²) in [5.41, 5.74) is 0.607. The van der Waals surface area contributed by atoms with Crippen molar-refractivity contribution in [2.75, 3.05) is 26.2 Å². The van der Waals surface area contributed by atoms with Crippen molar-refractivity contribution in [2.24, 2.45) is 28.6 Å². The lowest BCUT2D eigenvalue weighted by atomic mass is 9.46. The summed E-state index contributed by atoms with van der Waals surface area (Å²) in [5, 5.41) is 22.8. The van der Waals surface area contributed by atoms with Gasteiger partial charge in [-0.2, -0.15) is 0 Å². The van der Waals surface area contributed by atoms with E-state index in [1.165, 1.54) is 25.9 Å². The Morgan fingerprint density at radius 2 is 1.94 bits per heavy atom. The molecule has 2 N–H and O–H groups in total. The van der Waals surface area contributed by atoms with Gasteiger partial charge in [-0.1, -0.05) is 25.5 Å². The average molecular weight is 470 g/mol. The van der Waals surface area contributed by atoms with Gasteiger partial charge in [0, 0.05) is 12.6 Å². The van der Waals surface area contributed by atoms with E-state index in [0.717, 1.165) is 50.8 Å². The summed E-state index contributed by atoms with van der Waals surface area (Å²) in [4.78, 5) is 2.45. The highest BCUT2D eigenvalue weighted by molar-refractivity contribution is 5.35. The fourth-order valence-corrected chi connectivity index (χ4v) is 9.03. The molecule has 0 amide bonds. The normalized spacial score (nSPS) is 44.3. The van der Waals surface area contributed by atoms with Gasteiger partial charge in [0.05, 0.1) is 12.4 Å². The van der Waals surface area contributed by atoms with Crippen molar-refractivity contribution in [2.45, 2.75) is 89.8 Å². The third-order valence-electron chi connectivity index (χ3n) is 11.0. The number of allylic oxidation sites excluding steroid dienone is 2. The summed E-state index contributed by atoms with van der Waals surface area (Å²) in [7, 11) is 0. The van der Waals surface area contributed by atoms with Gasteiger partial charge in [-0.25, -0.2) is 0 Å². The van der Waals surface area contributed by atoms with Crippen LogP contribution in [0, 0.1) is 28.6 Å². The van der Waals surface area contributed by atoms with Crippen LogP contribution >= 0.6 is 0 Å². The Morgan fingerprint density at radius 1 is 1.12 bits per heavy atom. The fourth-order valence-electron chi connectivity index (χ4n) is 9.03. The van der Waals surface area contributed by atoms with E-state index in [2.05, 4.69) is 24.8 Å². The molecular formula is C29H43NO4. The summed E-state index contributed by atoms with van der Waals surface area (Å²) in [6.45, 7) is 8.64. The van der Waals surface area contributed by atoms with Gasteiger partial charge >= 0.3 is 0 Å². The summed E-state index contributed by atoms with van der Waals surface area (Å²) >= 11 is 0. The summed E-state index contributed by atoms with van der Waals surface area (Å²) in [6, 6.07) is 1.89. The molecule has 188 valence electrons. The zero-order valence-corrected chi connectivity index (χ0v) is 21.1. The van der Waals surface area contributed by atoms with E-state index < -0.39 is 5.60 Å². The number of rotatable bonds is 5. The Balaban J connectivity index is 1.22. The van der Waals surface area contributed by atoms with Crippen molar-refractivity contribution in [3.05, 3.63) is 29.7 Å². The first-order chi connectivity index (χ1) is 16.3. The number of fused-ring (bicyclic) bond motifs is 5. The molecule has 5 heteroatoms. The Labute approximate surface area is 204 Å². The van der Waals surface area contributed by atoms with E-state index in [0.29, 0.717) is 43.0 Å². The molecule has 5 aliphatic rings. The van der Waals surface area contributed by atoms with Crippen LogP contribution in [-0.4, -0.2) is 47.5 Å². The minimum absolute atomic E-state index is 0.0234. The highest BCUT2D eigenvalue weighted by atomic mass is 16.5. The van der Waals surface area contributed by atoms with Crippen LogP contribution in [0.25, 0.3) is 0 Å². The van der Waals surface area contributed by atoms with E-state index in [1.54, 1.807) is 11.8 Å². The third kappa shape index (κ3) is 3.52. The third-order valence-corrected chi connectivity index (χ3v) is 11.0. The second kappa shape index (κ2) is 8.38. The maximum Gasteiger partial charge on any atom is 0.177 e. The van der Waals surface area contributed by atoms with Gasteiger partial charge in [-0.05, 0) is 106 Å². The maximum absolute atomic E-state index is 12.0. The van der Waals surface area contributed by atoms with Crippen LogP contribution in [0.4, 0.5) is 0 Å². The number of hydrogen-bond donors (Lipinski definition) is 2. The van der Waals surface area contributed by atoms with Crippen LogP contribution in [0.3, 0.4) is 0 Å². The van der Waals surface area contributed by atoms with Crippen LogP contribution in [0.2, 0.25) is 0 Å². The van der Waals surface area contributed by atoms with Crippen molar-refractivity contribution in [3.63, 3.8) is 0 Å². The van der Waals surface area contributed by atoms with Crippen molar-refractivity contribution in [3.8, 4) is 5.75 Å². The second-order valence-corrected chi connectivity index (χ2v) is 12.6. The number of aliphatic hydroxyl groups is 2. The zero-order valence-electron chi connectivity index (χ0n) is 21.1. The van der Waals surface area contributed by atoms with E-state index in [4.69, 9.17) is 9.15 Å². The largest absolute Gasteiger partial charge is 0.488 e. The van der Waals surface area contributed by atoms with Crippen LogP contribution in [0.15, 0.2) is 28.4 Å². The van der Waals surface area contributed by atoms with Gasteiger partial charge in [0.15, 0.2) is 11.5 Å². The first kappa shape index (κ1) is 23.1. The molecule has 7 atom stereocenters. The number of hydrogen-bond acceptors (Lipinski definition) is 5. The summed E-state index contributed by atoms with van der Waals surface area (Å²) < 4.78 is 12.1. The predicted octanol–water partition coefficient (Wildman–Crippen LogP) is 5.27. The lowest BCUT2D eigenvalue weighted by Crippen LogP contribution is -2.53. The minimum atomic E-state index is -0.990. The van der Waals surface area contributed by atoms with Gasteiger partial charge in [0.25, 0.3) is 0 Å². The molecule has 1 saturated heterocycles. The monoisotopic (exact) mass is 469 g/mol. The average Bonchev–Trinajstić information content (AvgIpc) is 3.55. The molecule has 1 aliphatic heterocycles. The van der Waals surface area contributed by atoms with E-state index in [9.17, 15) is 10.2 Å². The molecule has 1 aromatic rings. The van der Waals surface area contributed by atoms with E-state index in [1.807, 2.05) is 6.07 Å². The van der Waals surface area contributed by atoms with Gasteiger partial charge < -0.3 is 19.4 Å². The number of aliphatic hydroxyl groups excluding tert-OH is 1. The lowest BCUT2D eigenvalue weighted by Gasteiger charge is -2.59. The zero-order chi connectivity index (χ0) is 23.6. The van der Waals surface area contributed by atoms with Crippen LogP contribution < -0.4 is 4.74 Å². The van der Waals surface area contributed by atoms with E-state index >= 15 is 0 Å². The minimum Gasteiger partial charge on any atom is -0.488 e. The second-order valence-electron chi connectivity index (χ2n) is 12.6. The molecule has 2 unspecified atom stereocenters. The molecule has 0 aromatic carbocycles. The van der Waals surface area contributed by atoms with Crippen LogP contribution in [0.5, 0.6) is 5.75 Å². The van der Waals surface area contributed by atoms with Crippen LogP contribution in [0.1, 0.15) is 83.8 Å². The number of nitrogens with zero attached hydrogens (tertiary/aromatic N) is 1. The first-order valence-electron chi connectivity index (χ1n) is 13.9. The van der Waals surface area contributed by atoms with Gasteiger partial charge in [-0.3, -0.25) is 4.90 Å². The van der Waals surface area contributed by atoms with Gasteiger partial charge in [0.1, 0.15) is 12.2 Å². The van der Waals surface area contributed by atoms with Gasteiger partial charge in [0.2, 0.25) is 0 Å². The van der Waals surface area contributed by atoms with Crippen molar-refractivity contribution in [1.82, 2.24) is 4.90 Å². The Bertz CT molecular complexity index is 934. The molecule has 2 heterocycles. The fraction of sp³-hybridized carbons (Fsp3) is 0.793. The maximum atomic E-state index is 12.0. The van der Waals surface area contributed by atoms with Crippen molar-refractivity contribution < 1.29 is 19.4 Å². The SMILES string of the molecule is C[C@]12CC(O)(c3occc3OCCN3CCCC3)CCC1=CC[C@@H]1[C@H]2CC[C@]2(C)C(O)CC[C@@H]12. The molecule has 6 rings (SSSR count). The van der Waals surface area contributed by atoms with Gasteiger partial charge in [-0.15, -0.1) is 0 Å². The molecule has 3 saturated carbocycles. The smallest absolute Gasteiger partial charge is 0.177 e. The Hall–Kier alpha value is -1.30. The van der Waals surface area contributed by atoms with E-state index in [-0.39, 0.29) is 16.9 Å². The Morgan fingerprint density at radius 3 is 2.76 bits per heavy atom. The quantitative estimate of drug-likeness (QED) is 0.576. The topological polar surface area (TPSA) is 66.1 Å². The lowest BCUT2D eigenvalue weighted by molar-refractivity contribution is -0.108. The molecule has 0 radical (unpaired) electrons. The highest BCUT2D eigenvalue weighted by Gasteiger charge is 2.60. The molecule has 0 bridgehead atoms. The standard InChI is InChI=1S/C29H43NO4/c1-27-12-10-23-21(22(27)7-8-25(27)31)6-5-20-9-13-29(32,19-28(20,23)2)26-24(11-17-34-26)33-18-16-30-14-3-4-15-30/h5,11,17,21-23,25,31-32H,3-4,6-10,12-16,18-19H2,1-2H3/t21-,22-,23+,25?,27-,28-,29?/m0/s1. The molecular weight excluding hydrogens is 426 g/mol. The number of furan rings is 1. The molecule has 4 fully saturated rings. The summed E-state index contributed by atoms with van der Waals surface area (Å²) in [6.07, 6.45) is 14.4. The first-order valence-corrected chi connectivity index (χ1v) is 13.9. The molecule has 34 heavy (non-hydrogen) atoms. The van der Waals surface area contributed by atoms with Crippen molar-refractivity contribution >= 4 is 0 Å². The highest BCUT2D eigenvalue weighted by Crippen LogP contribution is 2.66. The molecule has 4 aliphatic carbocycles. The number of ether oxygens (including phenoxy) is 1. The van der Waals surface area contributed by atoms with Crippen LogP contribution in [-0.2, 0) is 5.60 Å². The summed E-state index contributed by atoms with van der Waals surface area (Å²) in [5.74, 6) is 3.13. The predicted molar refractivity (Wildman–Crippen MR) is 131 cm³/mol. The number of likely N-dealkylation sites (tertiary alicyclic amines) is 1. The molecule has 1 aromatic heterocycles.